The minimum absolute atomic E-state index is 0.850. The molecule has 0 aliphatic carbocycles. The van der Waals surface area contributed by atoms with E-state index in [9.17, 15) is 0 Å². The van der Waals surface area contributed by atoms with Gasteiger partial charge in [-0.3, -0.25) is 9.97 Å². The standard InChI is InChI=1S/C53H37N3S/c1-36-32-41(16-13-31-57-53-28-25-38(33-46(36)53)37-14-3-2-4-15-37)56-51-26-23-39(42-17-5-7-19-44(42)49-21-9-11-29-54-49)34-47(51)48-35-40(24-27-52(48)56)43-18-6-8-20-45(43)50-22-10-12-30-55-50/h2-30,32-35H,1,31H2/b16-13-,41-32+. The molecule has 57 heavy (non-hydrogen) atoms. The highest BCUT2D eigenvalue weighted by Gasteiger charge is 2.19. The molecule has 0 spiro atoms. The average molecular weight is 748 g/mol. The highest BCUT2D eigenvalue weighted by atomic mass is 32.2. The van der Waals surface area contributed by atoms with Crippen LogP contribution in [0.5, 0.6) is 0 Å². The van der Waals surface area contributed by atoms with Crippen molar-refractivity contribution in [1.82, 2.24) is 14.5 Å². The van der Waals surface area contributed by atoms with Crippen molar-refractivity contribution in [3.8, 4) is 55.9 Å². The summed E-state index contributed by atoms with van der Waals surface area (Å²) in [6.45, 7) is 4.69. The highest BCUT2D eigenvalue weighted by Crippen LogP contribution is 2.42. The van der Waals surface area contributed by atoms with E-state index in [1.54, 1.807) is 0 Å². The molecule has 0 saturated heterocycles. The van der Waals surface area contributed by atoms with Crippen LogP contribution in [0.3, 0.4) is 0 Å². The first-order valence-corrected chi connectivity index (χ1v) is 20.2. The Morgan fingerprint density at radius 1 is 0.474 bits per heavy atom. The second-order valence-corrected chi connectivity index (χ2v) is 15.3. The van der Waals surface area contributed by atoms with E-state index in [1.807, 2.05) is 48.4 Å². The maximum Gasteiger partial charge on any atom is 0.0708 e. The molecule has 6 aromatic carbocycles. The molecule has 4 heteroatoms. The summed E-state index contributed by atoms with van der Waals surface area (Å²) in [5.41, 5.74) is 16.6. The average Bonchev–Trinajstić information content (AvgIpc) is 3.64. The molecule has 0 bridgehead atoms. The molecule has 3 nitrogen and oxygen atoms in total. The number of fused-ring (bicyclic) bond motifs is 4. The zero-order valence-corrected chi connectivity index (χ0v) is 32.0. The molecule has 0 fully saturated rings. The summed E-state index contributed by atoms with van der Waals surface area (Å²) < 4.78 is 2.41. The number of benzene rings is 6. The normalized spacial score (nSPS) is 14.3. The number of rotatable bonds is 6. The number of allylic oxidation sites excluding steroid dienone is 4. The molecule has 10 rings (SSSR count). The molecule has 0 atom stereocenters. The van der Waals surface area contributed by atoms with Crippen molar-refractivity contribution >= 4 is 44.8 Å². The van der Waals surface area contributed by atoms with Crippen molar-refractivity contribution in [2.24, 2.45) is 0 Å². The maximum absolute atomic E-state index is 4.73. The van der Waals surface area contributed by atoms with E-state index in [0.717, 1.165) is 78.4 Å². The monoisotopic (exact) mass is 747 g/mol. The van der Waals surface area contributed by atoms with E-state index >= 15 is 0 Å². The summed E-state index contributed by atoms with van der Waals surface area (Å²) in [7, 11) is 0. The zero-order chi connectivity index (χ0) is 38.1. The van der Waals surface area contributed by atoms with E-state index < -0.39 is 0 Å². The highest BCUT2D eigenvalue weighted by molar-refractivity contribution is 7.99. The van der Waals surface area contributed by atoms with Crippen LogP contribution in [0, 0.1) is 0 Å². The number of hydrogen-bond acceptors (Lipinski definition) is 3. The Hall–Kier alpha value is -7.01. The number of thioether (sulfide) groups is 1. The molecule has 9 aromatic rings. The van der Waals surface area contributed by atoms with Crippen LogP contribution in [0.2, 0.25) is 0 Å². The Kier molecular flexibility index (Phi) is 9.02. The Labute approximate surface area is 337 Å². The van der Waals surface area contributed by atoms with Crippen molar-refractivity contribution in [3.63, 3.8) is 0 Å². The lowest BCUT2D eigenvalue weighted by Gasteiger charge is -2.14. The van der Waals surface area contributed by atoms with Crippen LogP contribution in [0.4, 0.5) is 0 Å². The minimum atomic E-state index is 0.850. The van der Waals surface area contributed by atoms with Crippen molar-refractivity contribution in [1.29, 1.82) is 0 Å². The van der Waals surface area contributed by atoms with E-state index in [0.29, 0.717) is 0 Å². The van der Waals surface area contributed by atoms with Crippen LogP contribution in [-0.4, -0.2) is 20.3 Å². The van der Waals surface area contributed by atoms with Crippen molar-refractivity contribution in [2.75, 3.05) is 5.75 Å². The topological polar surface area (TPSA) is 30.7 Å². The minimum Gasteiger partial charge on any atom is -0.309 e. The molecule has 0 N–H and O–H groups in total. The van der Waals surface area contributed by atoms with Crippen molar-refractivity contribution in [3.05, 3.63) is 213 Å². The first-order valence-electron chi connectivity index (χ1n) is 19.2. The predicted molar refractivity (Wildman–Crippen MR) is 242 cm³/mol. The van der Waals surface area contributed by atoms with Crippen LogP contribution < -0.4 is 0 Å². The smallest absolute Gasteiger partial charge is 0.0708 e. The van der Waals surface area contributed by atoms with E-state index in [2.05, 4.69) is 175 Å². The number of aromatic nitrogens is 3. The summed E-state index contributed by atoms with van der Waals surface area (Å²) in [5, 5.41) is 2.35. The summed E-state index contributed by atoms with van der Waals surface area (Å²) in [5.74, 6) is 0.850. The lowest BCUT2D eigenvalue weighted by atomic mass is 9.94. The third-order valence-electron chi connectivity index (χ3n) is 10.8. The lowest BCUT2D eigenvalue weighted by molar-refractivity contribution is 1.24. The fourth-order valence-electron chi connectivity index (χ4n) is 8.06. The van der Waals surface area contributed by atoms with E-state index in [-0.39, 0.29) is 0 Å². The molecule has 0 amide bonds. The summed E-state index contributed by atoms with van der Waals surface area (Å²) in [4.78, 5) is 10.7. The third-order valence-corrected chi connectivity index (χ3v) is 11.8. The Morgan fingerprint density at radius 2 is 1.02 bits per heavy atom. The SMILES string of the molecule is C=C1/C=C(n2c3ccc(-c4ccccc4-c4ccccn4)cc3c3cc(-c4ccccc4-c4ccccn4)ccc32)\C=C/CSc2ccc(-c3ccccc3)cc21. The molecule has 0 saturated carbocycles. The van der Waals surface area contributed by atoms with Crippen molar-refractivity contribution < 1.29 is 0 Å². The molecule has 4 heterocycles. The van der Waals surface area contributed by atoms with Gasteiger partial charge in [-0.15, -0.1) is 11.8 Å². The van der Waals surface area contributed by atoms with Gasteiger partial charge in [-0.25, -0.2) is 0 Å². The molecule has 0 radical (unpaired) electrons. The molecular formula is C53H37N3S. The van der Waals surface area contributed by atoms with Crippen LogP contribution in [0.1, 0.15) is 5.56 Å². The Bertz CT molecular complexity index is 2870. The summed E-state index contributed by atoms with van der Waals surface area (Å²) in [6.07, 6.45) is 10.5. The maximum atomic E-state index is 4.73. The van der Waals surface area contributed by atoms with Crippen LogP contribution in [-0.2, 0) is 0 Å². The van der Waals surface area contributed by atoms with Gasteiger partial charge in [-0.2, -0.15) is 0 Å². The summed E-state index contributed by atoms with van der Waals surface area (Å²) in [6, 6.07) is 60.4. The largest absolute Gasteiger partial charge is 0.309 e. The van der Waals surface area contributed by atoms with Gasteiger partial charge in [-0.1, -0.05) is 122 Å². The first-order chi connectivity index (χ1) is 28.2. The fraction of sp³-hybridized carbons (Fsp3) is 0.0189. The van der Waals surface area contributed by atoms with E-state index in [4.69, 9.17) is 9.97 Å². The van der Waals surface area contributed by atoms with Gasteiger partial charge < -0.3 is 4.57 Å². The Balaban J connectivity index is 1.18. The van der Waals surface area contributed by atoms with Crippen LogP contribution in [0.15, 0.2) is 212 Å². The van der Waals surface area contributed by atoms with Gasteiger partial charge in [0.05, 0.1) is 22.4 Å². The number of nitrogens with zero attached hydrogens (tertiary/aromatic N) is 3. The zero-order valence-electron chi connectivity index (χ0n) is 31.2. The molecule has 1 aliphatic rings. The lowest BCUT2D eigenvalue weighted by Crippen LogP contribution is -1.96. The Morgan fingerprint density at radius 3 is 1.60 bits per heavy atom. The van der Waals surface area contributed by atoms with Gasteiger partial charge in [-0.05, 0) is 117 Å². The van der Waals surface area contributed by atoms with Crippen LogP contribution in [0.25, 0.3) is 89.0 Å². The van der Waals surface area contributed by atoms with Gasteiger partial charge in [0.1, 0.15) is 0 Å². The van der Waals surface area contributed by atoms with Crippen molar-refractivity contribution in [2.45, 2.75) is 4.90 Å². The fourth-order valence-corrected chi connectivity index (χ4v) is 8.95. The summed E-state index contributed by atoms with van der Waals surface area (Å²) >= 11 is 1.85. The quantitative estimate of drug-likeness (QED) is 0.170. The molecule has 270 valence electrons. The molecule has 0 unspecified atom stereocenters. The van der Waals surface area contributed by atoms with Gasteiger partial charge in [0.25, 0.3) is 0 Å². The van der Waals surface area contributed by atoms with E-state index in [1.165, 1.54) is 26.8 Å². The molecule has 3 aromatic heterocycles. The predicted octanol–water partition coefficient (Wildman–Crippen LogP) is 14.1. The van der Waals surface area contributed by atoms with Gasteiger partial charge in [0.15, 0.2) is 0 Å². The van der Waals surface area contributed by atoms with Gasteiger partial charge in [0, 0.05) is 50.6 Å². The van der Waals surface area contributed by atoms with Gasteiger partial charge in [0.2, 0.25) is 0 Å². The molecule has 1 aliphatic heterocycles. The number of pyridine rings is 2. The molecular weight excluding hydrogens is 711 g/mol. The first kappa shape index (κ1) is 34.5. The second-order valence-electron chi connectivity index (χ2n) is 14.2. The third kappa shape index (κ3) is 6.50. The van der Waals surface area contributed by atoms with Gasteiger partial charge >= 0.3 is 0 Å². The number of hydrogen-bond donors (Lipinski definition) is 0. The second kappa shape index (κ2) is 14.9. The van der Waals surface area contributed by atoms with Crippen LogP contribution >= 0.6 is 11.8 Å².